The summed E-state index contributed by atoms with van der Waals surface area (Å²) in [5.74, 6) is -0.692. The molecule has 0 spiro atoms. The van der Waals surface area contributed by atoms with E-state index < -0.39 is 0 Å². The Morgan fingerprint density at radius 2 is 2.00 bits per heavy atom. The Morgan fingerprint density at radius 3 is 2.75 bits per heavy atom. The zero-order valence-corrected chi connectivity index (χ0v) is 14.7. The first-order chi connectivity index (χ1) is 11.6. The highest BCUT2D eigenvalue weighted by Crippen LogP contribution is 2.38. The van der Waals surface area contributed by atoms with E-state index >= 15 is 0 Å². The standard InChI is InChI=1S/C18H20N2O3S/c1-11-7-6-9-13(19-11)16(21)20-17-15(18(22)23-2)12-8-4-3-5-10-14(12)24-17/h6-7,9H,3-5,8,10H2,1-2H3,(H,20,21). The number of fused-ring (bicyclic) bond motifs is 1. The van der Waals surface area contributed by atoms with Gasteiger partial charge in [-0.15, -0.1) is 11.3 Å². The first-order valence-electron chi connectivity index (χ1n) is 8.08. The number of carbonyl (C=O) groups excluding carboxylic acids is 2. The number of thiophene rings is 1. The lowest BCUT2D eigenvalue weighted by atomic mass is 10.1. The molecule has 1 aliphatic rings. The summed E-state index contributed by atoms with van der Waals surface area (Å²) in [6.07, 6.45) is 5.13. The molecule has 3 rings (SSSR count). The van der Waals surface area contributed by atoms with Crippen LogP contribution < -0.4 is 5.32 Å². The predicted molar refractivity (Wildman–Crippen MR) is 93.8 cm³/mol. The number of aryl methyl sites for hydroxylation is 2. The number of ether oxygens (including phenoxy) is 1. The maximum absolute atomic E-state index is 12.5. The number of carbonyl (C=O) groups is 2. The van der Waals surface area contributed by atoms with Crippen molar-refractivity contribution in [3.05, 3.63) is 45.6 Å². The first-order valence-corrected chi connectivity index (χ1v) is 8.89. The zero-order chi connectivity index (χ0) is 17.1. The van der Waals surface area contributed by atoms with Gasteiger partial charge in [-0.25, -0.2) is 9.78 Å². The van der Waals surface area contributed by atoms with Crippen LogP contribution in [-0.2, 0) is 17.6 Å². The second-order valence-corrected chi connectivity index (χ2v) is 6.98. The zero-order valence-electron chi connectivity index (χ0n) is 13.8. The van der Waals surface area contributed by atoms with Gasteiger partial charge in [0.25, 0.3) is 5.91 Å². The molecule has 2 aromatic rings. The molecule has 0 aromatic carbocycles. The van der Waals surface area contributed by atoms with Crippen molar-refractivity contribution in [1.29, 1.82) is 0 Å². The van der Waals surface area contributed by atoms with Gasteiger partial charge >= 0.3 is 5.97 Å². The Bertz CT molecular complexity index is 783. The summed E-state index contributed by atoms with van der Waals surface area (Å²) in [4.78, 5) is 30.2. The lowest BCUT2D eigenvalue weighted by molar-refractivity contribution is 0.0601. The van der Waals surface area contributed by atoms with Crippen molar-refractivity contribution in [2.24, 2.45) is 0 Å². The van der Waals surface area contributed by atoms with Crippen LogP contribution in [0.4, 0.5) is 5.00 Å². The van der Waals surface area contributed by atoms with Crippen LogP contribution in [0.5, 0.6) is 0 Å². The smallest absolute Gasteiger partial charge is 0.341 e. The molecule has 24 heavy (non-hydrogen) atoms. The maximum atomic E-state index is 12.5. The van der Waals surface area contributed by atoms with E-state index in [9.17, 15) is 9.59 Å². The van der Waals surface area contributed by atoms with Gasteiger partial charge in [0.2, 0.25) is 0 Å². The molecular formula is C18H20N2O3S. The fraction of sp³-hybridized carbons (Fsp3) is 0.389. The van der Waals surface area contributed by atoms with Crippen LogP contribution in [-0.4, -0.2) is 24.0 Å². The largest absolute Gasteiger partial charge is 0.465 e. The molecule has 126 valence electrons. The van der Waals surface area contributed by atoms with Gasteiger partial charge in [0.05, 0.1) is 12.7 Å². The van der Waals surface area contributed by atoms with Crippen molar-refractivity contribution >= 4 is 28.2 Å². The number of nitrogens with zero attached hydrogens (tertiary/aromatic N) is 1. The molecule has 0 saturated carbocycles. The molecule has 5 nitrogen and oxygen atoms in total. The van der Waals surface area contributed by atoms with Gasteiger partial charge in [-0.3, -0.25) is 4.79 Å². The fourth-order valence-corrected chi connectivity index (χ4v) is 4.26. The average molecular weight is 344 g/mol. The Balaban J connectivity index is 1.95. The topological polar surface area (TPSA) is 68.3 Å². The van der Waals surface area contributed by atoms with Crippen molar-refractivity contribution in [3.63, 3.8) is 0 Å². The lowest BCUT2D eigenvalue weighted by Gasteiger charge is -2.07. The van der Waals surface area contributed by atoms with Crippen LogP contribution in [0.1, 0.15) is 56.2 Å². The molecule has 2 heterocycles. The van der Waals surface area contributed by atoms with E-state index in [1.807, 2.05) is 13.0 Å². The van der Waals surface area contributed by atoms with Crippen LogP contribution in [0, 0.1) is 6.92 Å². The molecule has 1 N–H and O–H groups in total. The fourth-order valence-electron chi connectivity index (χ4n) is 2.99. The van der Waals surface area contributed by atoms with E-state index in [2.05, 4.69) is 10.3 Å². The van der Waals surface area contributed by atoms with Gasteiger partial charge in [-0.05, 0) is 50.3 Å². The summed E-state index contributed by atoms with van der Waals surface area (Å²) in [6.45, 7) is 1.84. The van der Waals surface area contributed by atoms with E-state index in [0.29, 0.717) is 16.3 Å². The predicted octanol–water partition coefficient (Wildman–Crippen LogP) is 3.76. The number of anilines is 1. The van der Waals surface area contributed by atoms with Crippen LogP contribution in [0.2, 0.25) is 0 Å². The maximum Gasteiger partial charge on any atom is 0.341 e. The summed E-state index contributed by atoms with van der Waals surface area (Å²) in [5, 5.41) is 3.43. The number of amides is 1. The van der Waals surface area contributed by atoms with E-state index in [-0.39, 0.29) is 11.9 Å². The monoisotopic (exact) mass is 344 g/mol. The summed E-state index contributed by atoms with van der Waals surface area (Å²) >= 11 is 1.49. The molecule has 6 heteroatoms. The Labute approximate surface area is 145 Å². The third-order valence-electron chi connectivity index (χ3n) is 4.16. The molecule has 0 saturated heterocycles. The highest BCUT2D eigenvalue weighted by molar-refractivity contribution is 7.17. The van der Waals surface area contributed by atoms with Gasteiger partial charge in [0, 0.05) is 10.6 Å². The quantitative estimate of drug-likeness (QED) is 0.680. The number of hydrogen-bond donors (Lipinski definition) is 1. The van der Waals surface area contributed by atoms with Crippen molar-refractivity contribution in [2.75, 3.05) is 12.4 Å². The van der Waals surface area contributed by atoms with Crippen molar-refractivity contribution < 1.29 is 14.3 Å². The Morgan fingerprint density at radius 1 is 1.21 bits per heavy atom. The minimum Gasteiger partial charge on any atom is -0.465 e. The molecule has 0 aliphatic heterocycles. The van der Waals surface area contributed by atoms with Gasteiger partial charge in [-0.2, -0.15) is 0 Å². The SMILES string of the molecule is COC(=O)c1c(NC(=O)c2cccc(C)n2)sc2c1CCCCC2. The number of hydrogen-bond acceptors (Lipinski definition) is 5. The summed E-state index contributed by atoms with van der Waals surface area (Å²) in [7, 11) is 1.37. The Kier molecular flexibility index (Phi) is 4.94. The molecule has 0 atom stereocenters. The average Bonchev–Trinajstić information content (AvgIpc) is 2.75. The molecule has 0 fully saturated rings. The summed E-state index contributed by atoms with van der Waals surface area (Å²) in [6, 6.07) is 5.30. The van der Waals surface area contributed by atoms with Gasteiger partial charge in [0.15, 0.2) is 0 Å². The normalized spacial score (nSPS) is 13.8. The number of nitrogens with one attached hydrogen (secondary N) is 1. The van der Waals surface area contributed by atoms with E-state index in [0.717, 1.165) is 43.4 Å². The van der Waals surface area contributed by atoms with Crippen LogP contribution in [0.3, 0.4) is 0 Å². The lowest BCUT2D eigenvalue weighted by Crippen LogP contribution is -2.16. The highest BCUT2D eigenvalue weighted by Gasteiger charge is 2.26. The number of rotatable bonds is 3. The minimum atomic E-state index is -0.387. The Hall–Kier alpha value is -2.21. The van der Waals surface area contributed by atoms with Gasteiger partial charge in [0.1, 0.15) is 10.7 Å². The number of pyridine rings is 1. The van der Waals surface area contributed by atoms with Crippen molar-refractivity contribution in [2.45, 2.75) is 39.0 Å². The van der Waals surface area contributed by atoms with E-state index in [1.54, 1.807) is 12.1 Å². The van der Waals surface area contributed by atoms with Crippen LogP contribution in [0.15, 0.2) is 18.2 Å². The van der Waals surface area contributed by atoms with Crippen molar-refractivity contribution in [1.82, 2.24) is 4.98 Å². The van der Waals surface area contributed by atoms with Crippen LogP contribution in [0.25, 0.3) is 0 Å². The van der Waals surface area contributed by atoms with Gasteiger partial charge < -0.3 is 10.1 Å². The molecular weight excluding hydrogens is 324 g/mol. The number of esters is 1. The molecule has 2 aromatic heterocycles. The minimum absolute atomic E-state index is 0.305. The highest BCUT2D eigenvalue weighted by atomic mass is 32.1. The summed E-state index contributed by atoms with van der Waals surface area (Å²) < 4.78 is 4.95. The molecule has 0 bridgehead atoms. The third kappa shape index (κ3) is 3.33. The van der Waals surface area contributed by atoms with E-state index in [4.69, 9.17) is 4.74 Å². The molecule has 1 amide bonds. The van der Waals surface area contributed by atoms with Gasteiger partial charge in [-0.1, -0.05) is 12.5 Å². The van der Waals surface area contributed by atoms with Crippen LogP contribution >= 0.6 is 11.3 Å². The summed E-state index contributed by atoms with van der Waals surface area (Å²) in [5.41, 5.74) is 2.67. The van der Waals surface area contributed by atoms with Crippen molar-refractivity contribution in [3.8, 4) is 0 Å². The number of methoxy groups -OCH3 is 1. The molecule has 0 radical (unpaired) electrons. The number of aromatic nitrogens is 1. The molecule has 0 unspecified atom stereocenters. The van der Waals surface area contributed by atoms with E-state index in [1.165, 1.54) is 23.3 Å². The molecule has 1 aliphatic carbocycles. The third-order valence-corrected chi connectivity index (χ3v) is 5.37. The second-order valence-electron chi connectivity index (χ2n) is 5.88. The second kappa shape index (κ2) is 7.13. The first kappa shape index (κ1) is 16.6.